The lowest BCUT2D eigenvalue weighted by Gasteiger charge is -1.91. The first kappa shape index (κ1) is 7.21. The zero-order valence-corrected chi connectivity index (χ0v) is 5.88. The van der Waals surface area contributed by atoms with Gasteiger partial charge in [-0.25, -0.2) is 0 Å². The number of rotatable bonds is 4. The molecule has 1 aromatic heterocycles. The molecule has 0 saturated heterocycles. The first-order valence-electron chi connectivity index (χ1n) is 3.48. The molecule has 1 aromatic rings. The van der Waals surface area contributed by atoms with Gasteiger partial charge in [0.15, 0.2) is 0 Å². The van der Waals surface area contributed by atoms with E-state index in [9.17, 15) is 0 Å². The minimum atomic E-state index is 0.762. The molecule has 0 amide bonds. The molecule has 0 atom stereocenters. The average Bonchev–Trinajstić information content (AvgIpc) is 2.41. The van der Waals surface area contributed by atoms with Crippen molar-refractivity contribution in [2.24, 2.45) is 5.73 Å². The highest BCUT2D eigenvalue weighted by Gasteiger charge is 1.93. The van der Waals surface area contributed by atoms with Crippen LogP contribution >= 0.6 is 0 Å². The van der Waals surface area contributed by atoms with Crippen LogP contribution in [0.5, 0.6) is 0 Å². The largest absolute Gasteiger partial charge is 0.330 e. The van der Waals surface area contributed by atoms with E-state index in [4.69, 9.17) is 5.73 Å². The van der Waals surface area contributed by atoms with E-state index in [0.29, 0.717) is 0 Å². The summed E-state index contributed by atoms with van der Waals surface area (Å²) in [5, 5.41) is 10.2. The number of aryl methyl sites for hydroxylation is 1. The van der Waals surface area contributed by atoms with Gasteiger partial charge in [0.1, 0.15) is 0 Å². The Morgan fingerprint density at radius 3 is 3.00 bits per heavy atom. The van der Waals surface area contributed by atoms with Crippen molar-refractivity contribution in [1.82, 2.24) is 15.4 Å². The van der Waals surface area contributed by atoms with Gasteiger partial charge in [0.2, 0.25) is 0 Å². The van der Waals surface area contributed by atoms with Gasteiger partial charge in [0.25, 0.3) is 0 Å². The number of H-pyrrole nitrogens is 1. The summed E-state index contributed by atoms with van der Waals surface area (Å²) in [6.45, 7) is 0.762. The number of hydrogen-bond acceptors (Lipinski definition) is 3. The van der Waals surface area contributed by atoms with E-state index in [-0.39, 0.29) is 0 Å². The second-order valence-corrected chi connectivity index (χ2v) is 2.21. The summed E-state index contributed by atoms with van der Waals surface area (Å²) in [5.74, 6) is 0. The highest BCUT2D eigenvalue weighted by atomic mass is 15.3. The number of hydrogen-bond donors (Lipinski definition) is 2. The smallest absolute Gasteiger partial charge is 0.0824 e. The summed E-state index contributed by atoms with van der Waals surface area (Å²) in [6, 6.07) is 0. The molecule has 0 bridgehead atoms. The zero-order chi connectivity index (χ0) is 7.23. The van der Waals surface area contributed by atoms with E-state index in [1.54, 1.807) is 6.20 Å². The Morgan fingerprint density at radius 1 is 1.50 bits per heavy atom. The predicted molar refractivity (Wildman–Crippen MR) is 38.4 cm³/mol. The van der Waals surface area contributed by atoms with Gasteiger partial charge >= 0.3 is 0 Å². The fourth-order valence-electron chi connectivity index (χ4n) is 0.796. The second-order valence-electron chi connectivity index (χ2n) is 2.21. The van der Waals surface area contributed by atoms with Crippen molar-refractivity contribution >= 4 is 0 Å². The highest BCUT2D eigenvalue weighted by Crippen LogP contribution is 1.96. The molecule has 0 spiro atoms. The average molecular weight is 140 g/mol. The minimum absolute atomic E-state index is 0.762. The normalized spacial score (nSPS) is 10.1. The van der Waals surface area contributed by atoms with Crippen molar-refractivity contribution in [1.29, 1.82) is 0 Å². The topological polar surface area (TPSA) is 67.6 Å². The molecule has 0 radical (unpaired) electrons. The molecular formula is C6H12N4. The van der Waals surface area contributed by atoms with E-state index in [1.807, 2.05) is 0 Å². The van der Waals surface area contributed by atoms with Crippen LogP contribution in [0.2, 0.25) is 0 Å². The molecule has 3 N–H and O–H groups in total. The SMILES string of the molecule is NCCCCc1cn[nH]n1. The molecule has 0 saturated carbocycles. The third-order valence-corrected chi connectivity index (χ3v) is 1.35. The summed E-state index contributed by atoms with van der Waals surface area (Å²) in [6.07, 6.45) is 4.89. The van der Waals surface area contributed by atoms with Crippen molar-refractivity contribution < 1.29 is 0 Å². The molecule has 1 rings (SSSR count). The Balaban J connectivity index is 2.15. The molecule has 1 heterocycles. The number of unbranched alkanes of at least 4 members (excludes halogenated alkanes) is 1. The van der Waals surface area contributed by atoms with E-state index >= 15 is 0 Å². The molecule has 0 aromatic carbocycles. The van der Waals surface area contributed by atoms with Crippen LogP contribution in [0.4, 0.5) is 0 Å². The molecule has 4 heteroatoms. The van der Waals surface area contributed by atoms with E-state index < -0.39 is 0 Å². The molecule has 0 fully saturated rings. The van der Waals surface area contributed by atoms with Crippen LogP contribution in [0.1, 0.15) is 18.5 Å². The van der Waals surface area contributed by atoms with Crippen LogP contribution in [0.15, 0.2) is 6.20 Å². The standard InChI is InChI=1S/C6H12N4/c7-4-2-1-3-6-5-8-10-9-6/h5H,1-4,7H2,(H,8,9,10). The fraction of sp³-hybridized carbons (Fsp3) is 0.667. The van der Waals surface area contributed by atoms with Crippen LogP contribution in [-0.2, 0) is 6.42 Å². The van der Waals surface area contributed by atoms with Crippen molar-refractivity contribution in [3.8, 4) is 0 Å². The zero-order valence-electron chi connectivity index (χ0n) is 5.88. The molecule has 0 aliphatic heterocycles. The van der Waals surface area contributed by atoms with E-state index in [2.05, 4.69) is 15.4 Å². The summed E-state index contributed by atoms with van der Waals surface area (Å²) in [7, 11) is 0. The first-order valence-corrected chi connectivity index (χ1v) is 3.48. The van der Waals surface area contributed by atoms with Gasteiger partial charge in [0.05, 0.1) is 11.9 Å². The van der Waals surface area contributed by atoms with Crippen LogP contribution in [0, 0.1) is 0 Å². The van der Waals surface area contributed by atoms with Gasteiger partial charge in [-0.15, -0.1) is 0 Å². The van der Waals surface area contributed by atoms with Gasteiger partial charge < -0.3 is 5.73 Å². The molecule has 0 aliphatic rings. The predicted octanol–water partition coefficient (Wildman–Crippen LogP) is 0.0861. The number of nitrogens with two attached hydrogens (primary N) is 1. The maximum absolute atomic E-state index is 5.32. The lowest BCUT2D eigenvalue weighted by atomic mass is 10.2. The highest BCUT2D eigenvalue weighted by molar-refractivity contribution is 4.89. The van der Waals surface area contributed by atoms with Gasteiger partial charge in [-0.05, 0) is 25.8 Å². The Labute approximate surface area is 59.8 Å². The Morgan fingerprint density at radius 2 is 2.40 bits per heavy atom. The molecule has 4 nitrogen and oxygen atoms in total. The minimum Gasteiger partial charge on any atom is -0.330 e. The van der Waals surface area contributed by atoms with Gasteiger partial charge in [-0.2, -0.15) is 15.4 Å². The van der Waals surface area contributed by atoms with Gasteiger partial charge in [-0.3, -0.25) is 0 Å². The van der Waals surface area contributed by atoms with E-state index in [0.717, 1.165) is 31.5 Å². The van der Waals surface area contributed by atoms with Crippen LogP contribution in [0.3, 0.4) is 0 Å². The van der Waals surface area contributed by atoms with Crippen molar-refractivity contribution in [2.75, 3.05) is 6.54 Å². The lowest BCUT2D eigenvalue weighted by Crippen LogP contribution is -1.98. The molecule has 10 heavy (non-hydrogen) atoms. The monoisotopic (exact) mass is 140 g/mol. The Bertz CT molecular complexity index is 158. The maximum Gasteiger partial charge on any atom is 0.0824 e. The number of aromatic nitrogens is 3. The fourth-order valence-corrected chi connectivity index (χ4v) is 0.796. The number of nitrogens with zero attached hydrogens (tertiary/aromatic N) is 2. The van der Waals surface area contributed by atoms with Crippen LogP contribution in [-0.4, -0.2) is 22.0 Å². The summed E-state index contributed by atoms with van der Waals surface area (Å²) in [4.78, 5) is 0. The maximum atomic E-state index is 5.32. The van der Waals surface area contributed by atoms with Crippen LogP contribution < -0.4 is 5.73 Å². The summed E-state index contributed by atoms with van der Waals surface area (Å²) >= 11 is 0. The summed E-state index contributed by atoms with van der Waals surface area (Å²) < 4.78 is 0. The molecule has 56 valence electrons. The van der Waals surface area contributed by atoms with Gasteiger partial charge in [0, 0.05) is 0 Å². The second kappa shape index (κ2) is 4.00. The van der Waals surface area contributed by atoms with Crippen molar-refractivity contribution in [2.45, 2.75) is 19.3 Å². The van der Waals surface area contributed by atoms with Crippen molar-refractivity contribution in [3.05, 3.63) is 11.9 Å². The molecular weight excluding hydrogens is 128 g/mol. The quantitative estimate of drug-likeness (QED) is 0.582. The number of nitrogens with one attached hydrogen (secondary N) is 1. The third-order valence-electron chi connectivity index (χ3n) is 1.35. The van der Waals surface area contributed by atoms with Crippen LogP contribution in [0.25, 0.3) is 0 Å². The third kappa shape index (κ3) is 2.14. The molecule has 0 aliphatic carbocycles. The lowest BCUT2D eigenvalue weighted by molar-refractivity contribution is 0.729. The van der Waals surface area contributed by atoms with Gasteiger partial charge in [-0.1, -0.05) is 0 Å². The number of aromatic amines is 1. The summed E-state index contributed by atoms with van der Waals surface area (Å²) in [5.41, 5.74) is 6.35. The Kier molecular flexibility index (Phi) is 2.89. The van der Waals surface area contributed by atoms with E-state index in [1.165, 1.54) is 0 Å². The first-order chi connectivity index (χ1) is 4.93. The van der Waals surface area contributed by atoms with Crippen molar-refractivity contribution in [3.63, 3.8) is 0 Å². The Hall–Kier alpha value is -0.900. The molecule has 0 unspecified atom stereocenters.